The highest BCUT2D eigenvalue weighted by Gasteiger charge is 2.46. The zero-order chi connectivity index (χ0) is 13.7. The Labute approximate surface area is 120 Å². The molecule has 20 heavy (non-hydrogen) atoms. The molecule has 2 aliphatic rings. The summed E-state index contributed by atoms with van der Waals surface area (Å²) in [6.07, 6.45) is 9.98. The summed E-state index contributed by atoms with van der Waals surface area (Å²) < 4.78 is 14.2. The molecule has 2 bridgehead atoms. The molecule has 4 heterocycles. The molecule has 2 atom stereocenters. The molecule has 0 saturated carbocycles. The first kappa shape index (κ1) is 12.5. The minimum absolute atomic E-state index is 0.158. The Kier molecular flexibility index (Phi) is 2.76. The van der Waals surface area contributed by atoms with Crippen molar-refractivity contribution < 1.29 is 9.32 Å². The van der Waals surface area contributed by atoms with E-state index in [1.165, 1.54) is 0 Å². The Morgan fingerprint density at radius 1 is 1.30 bits per heavy atom. The lowest BCUT2D eigenvalue weighted by atomic mass is 9.81. The number of fused-ring (bicyclic) bond motifs is 3. The lowest BCUT2D eigenvalue weighted by Crippen LogP contribution is -2.47. The maximum absolute atomic E-state index is 12.3. The summed E-state index contributed by atoms with van der Waals surface area (Å²) in [4.78, 5) is 4.23. The van der Waals surface area contributed by atoms with Crippen molar-refractivity contribution in [3.8, 4) is 0 Å². The smallest absolute Gasteiger partial charge is 0.136 e. The molecule has 4 rings (SSSR count). The largest absolute Gasteiger partial charge is 0.385 e. The van der Waals surface area contributed by atoms with Crippen molar-refractivity contribution in [1.82, 2.24) is 9.38 Å². The summed E-state index contributed by atoms with van der Waals surface area (Å²) in [6, 6.07) is 3.90. The zero-order valence-corrected chi connectivity index (χ0v) is 12.1. The minimum Gasteiger partial charge on any atom is -0.385 e. The molecule has 0 amide bonds. The van der Waals surface area contributed by atoms with E-state index in [1.807, 2.05) is 28.9 Å². The van der Waals surface area contributed by atoms with E-state index in [1.54, 1.807) is 6.20 Å². The van der Waals surface area contributed by atoms with Crippen molar-refractivity contribution in [3.05, 3.63) is 36.3 Å². The average Bonchev–Trinajstić information content (AvgIpc) is 2.88. The van der Waals surface area contributed by atoms with Gasteiger partial charge in [0.1, 0.15) is 5.65 Å². The van der Waals surface area contributed by atoms with E-state index in [9.17, 15) is 9.32 Å². The molecule has 2 aliphatic heterocycles. The van der Waals surface area contributed by atoms with Crippen molar-refractivity contribution in [2.45, 2.75) is 48.2 Å². The quantitative estimate of drug-likeness (QED) is 0.874. The lowest BCUT2D eigenvalue weighted by Gasteiger charge is -2.43. The number of nitrogens with zero attached hydrogens (tertiary/aromatic N) is 2. The van der Waals surface area contributed by atoms with E-state index in [0.29, 0.717) is 12.8 Å². The molecule has 4 nitrogen and oxygen atoms in total. The van der Waals surface area contributed by atoms with Gasteiger partial charge in [0.2, 0.25) is 0 Å². The summed E-state index contributed by atoms with van der Waals surface area (Å²) in [5, 5.41) is 11.4. The van der Waals surface area contributed by atoms with Crippen molar-refractivity contribution >= 4 is 16.4 Å². The molecule has 2 aromatic rings. The van der Waals surface area contributed by atoms with Gasteiger partial charge >= 0.3 is 0 Å². The number of hydrogen-bond acceptors (Lipinski definition) is 3. The Hall–Kier alpha value is -1.20. The van der Waals surface area contributed by atoms with Gasteiger partial charge in [0.05, 0.1) is 5.60 Å². The van der Waals surface area contributed by atoms with E-state index in [-0.39, 0.29) is 10.5 Å². The van der Waals surface area contributed by atoms with Crippen LogP contribution in [-0.2, 0) is 16.4 Å². The van der Waals surface area contributed by atoms with Crippen LogP contribution in [0.5, 0.6) is 0 Å². The van der Waals surface area contributed by atoms with Crippen LogP contribution in [0.1, 0.15) is 37.7 Å². The number of hydrogen-bond donors (Lipinski definition) is 1. The molecule has 0 radical (unpaired) electrons. The van der Waals surface area contributed by atoms with Crippen LogP contribution in [0.4, 0.5) is 0 Å². The van der Waals surface area contributed by atoms with Crippen molar-refractivity contribution in [3.63, 3.8) is 0 Å². The molecule has 1 N–H and O–H groups in total. The molecule has 2 fully saturated rings. The summed E-state index contributed by atoms with van der Waals surface area (Å²) in [7, 11) is -0.755. The Morgan fingerprint density at radius 2 is 2.05 bits per heavy atom. The van der Waals surface area contributed by atoms with Gasteiger partial charge in [0.15, 0.2) is 0 Å². The van der Waals surface area contributed by atoms with Crippen molar-refractivity contribution in [1.29, 1.82) is 0 Å². The molecule has 0 aromatic carbocycles. The van der Waals surface area contributed by atoms with Gasteiger partial charge in [-0.2, -0.15) is 0 Å². The first-order valence-electron chi connectivity index (χ1n) is 7.21. The molecule has 106 valence electrons. The number of aliphatic hydroxyl groups is 1. The van der Waals surface area contributed by atoms with Gasteiger partial charge in [-0.1, -0.05) is 12.5 Å². The third kappa shape index (κ3) is 1.84. The van der Waals surface area contributed by atoms with Crippen LogP contribution in [0.3, 0.4) is 0 Å². The van der Waals surface area contributed by atoms with E-state index >= 15 is 0 Å². The van der Waals surface area contributed by atoms with Gasteiger partial charge in [0.25, 0.3) is 0 Å². The molecular weight excluding hydrogens is 272 g/mol. The summed E-state index contributed by atoms with van der Waals surface area (Å²) >= 11 is 0. The van der Waals surface area contributed by atoms with E-state index in [4.69, 9.17) is 0 Å². The van der Waals surface area contributed by atoms with Crippen LogP contribution in [0.2, 0.25) is 0 Å². The second-order valence-corrected chi connectivity index (χ2v) is 8.04. The highest BCUT2D eigenvalue weighted by atomic mass is 32.2. The molecule has 2 unspecified atom stereocenters. The molecule has 0 aliphatic carbocycles. The van der Waals surface area contributed by atoms with Crippen LogP contribution >= 0.6 is 0 Å². The van der Waals surface area contributed by atoms with Crippen LogP contribution < -0.4 is 0 Å². The number of aromatic nitrogens is 2. The van der Waals surface area contributed by atoms with Crippen molar-refractivity contribution in [2.24, 2.45) is 0 Å². The third-order valence-corrected chi connectivity index (χ3v) is 6.88. The van der Waals surface area contributed by atoms with Gasteiger partial charge < -0.3 is 9.51 Å². The van der Waals surface area contributed by atoms with Gasteiger partial charge in [-0.3, -0.25) is 4.21 Å². The maximum Gasteiger partial charge on any atom is 0.136 e. The second-order valence-electron chi connectivity index (χ2n) is 6.05. The monoisotopic (exact) mass is 290 g/mol. The molecule has 5 heteroatoms. The fourth-order valence-corrected chi connectivity index (χ4v) is 5.94. The van der Waals surface area contributed by atoms with Crippen LogP contribution in [0.15, 0.2) is 30.7 Å². The zero-order valence-electron chi connectivity index (χ0n) is 11.2. The van der Waals surface area contributed by atoms with Gasteiger partial charge in [-0.05, 0) is 31.7 Å². The Morgan fingerprint density at radius 3 is 2.80 bits per heavy atom. The Bertz CT molecular complexity index is 665. The van der Waals surface area contributed by atoms with Crippen LogP contribution in [0, 0.1) is 0 Å². The SMILES string of the molecule is O=S1C2CCCC1CC(O)(c1ccc3nccn3c1)C2. The van der Waals surface area contributed by atoms with Gasteiger partial charge in [-0.15, -0.1) is 0 Å². The maximum atomic E-state index is 12.3. The topological polar surface area (TPSA) is 54.6 Å². The second kappa shape index (κ2) is 4.40. The standard InChI is InChI=1S/C15H18N2O2S/c18-15(8-12-2-1-3-13(9-15)20(12)19)11-4-5-14-16-6-7-17(14)10-11/h4-7,10,12-13,18H,1-3,8-9H2. The van der Waals surface area contributed by atoms with Crippen molar-refractivity contribution in [2.75, 3.05) is 0 Å². The highest BCUT2D eigenvalue weighted by Crippen LogP contribution is 2.44. The normalized spacial score (nSPS) is 37.1. The molecule has 2 saturated heterocycles. The summed E-state index contributed by atoms with van der Waals surface area (Å²) in [5.74, 6) is 0. The number of rotatable bonds is 1. The van der Waals surface area contributed by atoms with Crippen LogP contribution in [0.25, 0.3) is 5.65 Å². The summed E-state index contributed by atoms with van der Waals surface area (Å²) in [6.45, 7) is 0. The predicted molar refractivity (Wildman–Crippen MR) is 77.9 cm³/mol. The Balaban J connectivity index is 1.74. The van der Waals surface area contributed by atoms with E-state index < -0.39 is 16.4 Å². The lowest BCUT2D eigenvalue weighted by molar-refractivity contribution is 0.00618. The number of imidazole rings is 1. The first-order valence-corrected chi connectivity index (χ1v) is 8.48. The average molecular weight is 290 g/mol. The number of pyridine rings is 1. The van der Waals surface area contributed by atoms with E-state index in [2.05, 4.69) is 4.98 Å². The molecule has 2 aromatic heterocycles. The summed E-state index contributed by atoms with van der Waals surface area (Å²) in [5.41, 5.74) is 0.982. The predicted octanol–water partition coefficient (Wildman–Crippen LogP) is 1.99. The fourth-order valence-electron chi connectivity index (χ4n) is 3.71. The van der Waals surface area contributed by atoms with Crippen LogP contribution in [-0.4, -0.2) is 29.2 Å². The van der Waals surface area contributed by atoms with Gasteiger partial charge in [-0.25, -0.2) is 4.98 Å². The third-order valence-electron chi connectivity index (χ3n) is 4.77. The van der Waals surface area contributed by atoms with Gasteiger partial charge in [0, 0.05) is 45.5 Å². The fraction of sp³-hybridized carbons (Fsp3) is 0.533. The molecular formula is C15H18N2O2S. The van der Waals surface area contributed by atoms with E-state index in [0.717, 1.165) is 30.5 Å². The highest BCUT2D eigenvalue weighted by molar-refractivity contribution is 7.86. The first-order chi connectivity index (χ1) is 9.66. The molecule has 0 spiro atoms. The minimum atomic E-state index is -0.831.